The minimum absolute atomic E-state index is 0.0279. The SMILES string of the molecule is CCc1nc(C)c2c(C)c(C(=O)NC3CCN(C(=O)C4CC4)CC3)sc2n1. The molecule has 1 saturated heterocycles. The molecule has 6 nitrogen and oxygen atoms in total. The maximum atomic E-state index is 12.9. The Labute approximate surface area is 163 Å². The van der Waals surface area contributed by atoms with E-state index in [1.807, 2.05) is 25.7 Å². The van der Waals surface area contributed by atoms with Crippen LogP contribution < -0.4 is 5.32 Å². The zero-order valence-electron chi connectivity index (χ0n) is 16.2. The van der Waals surface area contributed by atoms with Crippen molar-refractivity contribution in [1.82, 2.24) is 20.2 Å². The van der Waals surface area contributed by atoms with Crippen molar-refractivity contribution >= 4 is 33.4 Å². The number of carbonyl (C=O) groups excluding carboxylic acids is 2. The molecule has 1 aliphatic heterocycles. The average molecular weight is 387 g/mol. The molecule has 0 bridgehead atoms. The van der Waals surface area contributed by atoms with Gasteiger partial charge in [0.15, 0.2) is 0 Å². The number of thiophene rings is 1. The first kappa shape index (κ1) is 18.3. The summed E-state index contributed by atoms with van der Waals surface area (Å²) in [6.07, 6.45) is 4.53. The van der Waals surface area contributed by atoms with Crippen LogP contribution in [0.2, 0.25) is 0 Å². The third kappa shape index (κ3) is 3.57. The molecule has 3 heterocycles. The summed E-state index contributed by atoms with van der Waals surface area (Å²) in [5.41, 5.74) is 1.91. The average Bonchev–Trinajstić information content (AvgIpc) is 3.45. The predicted octanol–water partition coefficient (Wildman–Crippen LogP) is 3.00. The summed E-state index contributed by atoms with van der Waals surface area (Å²) in [7, 11) is 0. The molecular weight excluding hydrogens is 360 g/mol. The molecule has 2 amide bonds. The topological polar surface area (TPSA) is 75.2 Å². The number of carbonyl (C=O) groups is 2. The molecule has 1 N–H and O–H groups in total. The smallest absolute Gasteiger partial charge is 0.261 e. The van der Waals surface area contributed by atoms with E-state index in [1.165, 1.54) is 11.3 Å². The monoisotopic (exact) mass is 386 g/mol. The number of nitrogens with one attached hydrogen (secondary N) is 1. The van der Waals surface area contributed by atoms with Crippen molar-refractivity contribution in [2.75, 3.05) is 13.1 Å². The number of aromatic nitrogens is 2. The summed E-state index contributed by atoms with van der Waals surface area (Å²) < 4.78 is 0. The molecule has 0 atom stereocenters. The van der Waals surface area contributed by atoms with E-state index in [-0.39, 0.29) is 17.9 Å². The van der Waals surface area contributed by atoms with E-state index in [4.69, 9.17) is 0 Å². The quantitative estimate of drug-likeness (QED) is 0.876. The second-order valence-electron chi connectivity index (χ2n) is 7.66. The third-order valence-electron chi connectivity index (χ3n) is 5.61. The molecule has 4 rings (SSSR count). The van der Waals surface area contributed by atoms with E-state index >= 15 is 0 Å². The maximum Gasteiger partial charge on any atom is 0.261 e. The van der Waals surface area contributed by atoms with E-state index in [9.17, 15) is 9.59 Å². The summed E-state index contributed by atoms with van der Waals surface area (Å²) in [6.45, 7) is 7.49. The Kier molecular flexibility index (Phi) is 4.88. The fraction of sp³-hybridized carbons (Fsp3) is 0.600. The summed E-state index contributed by atoms with van der Waals surface area (Å²) in [5.74, 6) is 1.37. The lowest BCUT2D eigenvalue weighted by molar-refractivity contribution is -0.133. The van der Waals surface area contributed by atoms with Crippen molar-refractivity contribution in [3.05, 3.63) is 22.0 Å². The molecule has 2 fully saturated rings. The Bertz CT molecular complexity index is 895. The normalized spacial score (nSPS) is 18.1. The van der Waals surface area contributed by atoms with Crippen molar-refractivity contribution in [2.45, 2.75) is 58.9 Å². The fourth-order valence-corrected chi connectivity index (χ4v) is 5.01. The first-order valence-electron chi connectivity index (χ1n) is 9.84. The Morgan fingerprint density at radius 3 is 2.48 bits per heavy atom. The molecule has 7 heteroatoms. The predicted molar refractivity (Wildman–Crippen MR) is 106 cm³/mol. The third-order valence-corrected chi connectivity index (χ3v) is 6.79. The van der Waals surface area contributed by atoms with Crippen molar-refractivity contribution < 1.29 is 9.59 Å². The van der Waals surface area contributed by atoms with Gasteiger partial charge in [0.25, 0.3) is 5.91 Å². The zero-order chi connectivity index (χ0) is 19.1. The van der Waals surface area contributed by atoms with Crippen LogP contribution in [-0.2, 0) is 11.2 Å². The van der Waals surface area contributed by atoms with Gasteiger partial charge >= 0.3 is 0 Å². The molecule has 27 heavy (non-hydrogen) atoms. The van der Waals surface area contributed by atoms with Crippen LogP contribution in [0.25, 0.3) is 10.2 Å². The van der Waals surface area contributed by atoms with Crippen LogP contribution in [0.15, 0.2) is 0 Å². The summed E-state index contributed by atoms with van der Waals surface area (Å²) in [5, 5.41) is 4.18. The number of aryl methyl sites for hydroxylation is 3. The van der Waals surface area contributed by atoms with Gasteiger partial charge in [-0.15, -0.1) is 11.3 Å². The van der Waals surface area contributed by atoms with Gasteiger partial charge < -0.3 is 10.2 Å². The molecule has 2 aliphatic rings. The molecule has 0 aromatic carbocycles. The number of amides is 2. The molecule has 2 aromatic heterocycles. The number of piperidine rings is 1. The molecular formula is C20H26N4O2S. The minimum Gasteiger partial charge on any atom is -0.348 e. The number of hydrogen-bond acceptors (Lipinski definition) is 5. The Morgan fingerprint density at radius 2 is 1.85 bits per heavy atom. The van der Waals surface area contributed by atoms with Crippen LogP contribution in [0.4, 0.5) is 0 Å². The molecule has 1 saturated carbocycles. The lowest BCUT2D eigenvalue weighted by Crippen LogP contribution is -2.46. The van der Waals surface area contributed by atoms with Gasteiger partial charge in [-0.3, -0.25) is 9.59 Å². The van der Waals surface area contributed by atoms with Crippen molar-refractivity contribution in [3.63, 3.8) is 0 Å². The lowest BCUT2D eigenvalue weighted by atomic mass is 10.0. The summed E-state index contributed by atoms with van der Waals surface area (Å²) in [4.78, 5) is 37.8. The van der Waals surface area contributed by atoms with E-state index in [2.05, 4.69) is 15.3 Å². The maximum absolute atomic E-state index is 12.9. The summed E-state index contributed by atoms with van der Waals surface area (Å²) in [6, 6.07) is 0.128. The molecule has 0 spiro atoms. The molecule has 0 radical (unpaired) electrons. The van der Waals surface area contributed by atoms with Gasteiger partial charge in [-0.2, -0.15) is 0 Å². The number of likely N-dealkylation sites (tertiary alicyclic amines) is 1. The van der Waals surface area contributed by atoms with Gasteiger partial charge in [0.05, 0.1) is 4.88 Å². The van der Waals surface area contributed by atoms with Gasteiger partial charge in [-0.25, -0.2) is 9.97 Å². The van der Waals surface area contributed by atoms with Crippen LogP contribution in [0.1, 0.15) is 59.4 Å². The second-order valence-corrected chi connectivity index (χ2v) is 8.66. The van der Waals surface area contributed by atoms with Crippen LogP contribution in [0.5, 0.6) is 0 Å². The van der Waals surface area contributed by atoms with Crippen LogP contribution in [0.3, 0.4) is 0 Å². The van der Waals surface area contributed by atoms with E-state index < -0.39 is 0 Å². The van der Waals surface area contributed by atoms with Gasteiger partial charge in [-0.1, -0.05) is 6.92 Å². The summed E-state index contributed by atoms with van der Waals surface area (Å²) >= 11 is 1.45. The first-order chi connectivity index (χ1) is 13.0. The van der Waals surface area contributed by atoms with Crippen LogP contribution >= 0.6 is 11.3 Å². The lowest BCUT2D eigenvalue weighted by Gasteiger charge is -2.32. The van der Waals surface area contributed by atoms with Gasteiger partial charge in [0, 0.05) is 42.6 Å². The highest BCUT2D eigenvalue weighted by Gasteiger charge is 2.35. The van der Waals surface area contributed by atoms with Gasteiger partial charge in [0.2, 0.25) is 5.91 Å². The van der Waals surface area contributed by atoms with Crippen molar-refractivity contribution in [3.8, 4) is 0 Å². The van der Waals surface area contributed by atoms with Gasteiger partial charge in [0.1, 0.15) is 10.7 Å². The minimum atomic E-state index is -0.0279. The Morgan fingerprint density at radius 1 is 1.15 bits per heavy atom. The number of nitrogens with zero attached hydrogens (tertiary/aromatic N) is 3. The van der Waals surface area contributed by atoms with Crippen LogP contribution in [0, 0.1) is 19.8 Å². The highest BCUT2D eigenvalue weighted by Crippen LogP contribution is 2.33. The second kappa shape index (κ2) is 7.19. The van der Waals surface area contributed by atoms with Gasteiger partial charge in [-0.05, 0) is 45.1 Å². The molecule has 144 valence electrons. The molecule has 2 aromatic rings. The Hall–Kier alpha value is -2.02. The molecule has 1 aliphatic carbocycles. The number of hydrogen-bond donors (Lipinski definition) is 1. The van der Waals surface area contributed by atoms with E-state index in [0.717, 1.165) is 77.4 Å². The highest BCUT2D eigenvalue weighted by atomic mass is 32.1. The van der Waals surface area contributed by atoms with Crippen molar-refractivity contribution in [1.29, 1.82) is 0 Å². The van der Waals surface area contributed by atoms with E-state index in [0.29, 0.717) is 5.91 Å². The number of fused-ring (bicyclic) bond motifs is 1. The Balaban J connectivity index is 1.45. The fourth-order valence-electron chi connectivity index (χ4n) is 3.85. The van der Waals surface area contributed by atoms with Crippen LogP contribution in [-0.4, -0.2) is 45.8 Å². The zero-order valence-corrected chi connectivity index (χ0v) is 17.0. The largest absolute Gasteiger partial charge is 0.348 e. The van der Waals surface area contributed by atoms with Crippen molar-refractivity contribution in [2.24, 2.45) is 5.92 Å². The number of rotatable bonds is 4. The standard InChI is InChI=1S/C20H26N4O2S/c1-4-15-21-12(3)16-11(2)17(27-19(16)23-15)18(25)22-14-7-9-24(10-8-14)20(26)13-5-6-13/h13-14H,4-10H2,1-3H3,(H,22,25). The molecule has 0 unspecified atom stereocenters. The highest BCUT2D eigenvalue weighted by molar-refractivity contribution is 7.20. The first-order valence-corrected chi connectivity index (χ1v) is 10.7. The van der Waals surface area contributed by atoms with E-state index in [1.54, 1.807) is 0 Å².